The first-order chi connectivity index (χ1) is 25.6. The third kappa shape index (κ3) is 7.80. The number of aliphatic hydroxyl groups is 1. The molecule has 0 radical (unpaired) electrons. The molecule has 2 heterocycles. The number of rotatable bonds is 10. The number of anilines is 1. The van der Waals surface area contributed by atoms with Gasteiger partial charge in [-0.2, -0.15) is 14.4 Å². The van der Waals surface area contributed by atoms with Gasteiger partial charge >= 0.3 is 6.08 Å². The number of hydrogen-bond acceptors (Lipinski definition) is 5. The van der Waals surface area contributed by atoms with Crippen LogP contribution in [0.2, 0.25) is 38.3 Å². The van der Waals surface area contributed by atoms with Gasteiger partial charge in [0.2, 0.25) is 0 Å². The standard InChI is InChI=1S/C44H59ClF3N3O2Si2/c1-25(2)54(26(3)4,27(5)6)20-17-33-37(46)16-15-31-21-32(53-55(28(7)8,29(9)10)30(11)12)22-34(38(31)33)39-36(45)23-35-41(40(39)47)49-43(48)50-42(35)51-19-14-18-44(13,52)24-51/h15-16,21-23,25-30,52H,14,18-19,24H2,1-13H3/t44-/m1/s1. The average Bonchev–Trinajstić information content (AvgIpc) is 3.07. The van der Waals surface area contributed by atoms with E-state index < -0.39 is 39.7 Å². The van der Waals surface area contributed by atoms with Gasteiger partial charge < -0.3 is 14.4 Å². The van der Waals surface area contributed by atoms with E-state index in [-0.39, 0.29) is 56.0 Å². The lowest BCUT2D eigenvalue weighted by atomic mass is 9.92. The Morgan fingerprint density at radius 1 is 0.855 bits per heavy atom. The summed E-state index contributed by atoms with van der Waals surface area (Å²) in [5.74, 6) is 2.66. The summed E-state index contributed by atoms with van der Waals surface area (Å²) < 4.78 is 56.3. The van der Waals surface area contributed by atoms with Crippen molar-refractivity contribution in [1.82, 2.24) is 9.97 Å². The lowest BCUT2D eigenvalue weighted by molar-refractivity contribution is 0.0447. The van der Waals surface area contributed by atoms with E-state index in [9.17, 15) is 5.11 Å². The molecule has 5 nitrogen and oxygen atoms in total. The fourth-order valence-electron chi connectivity index (χ4n) is 10.00. The molecular formula is C44H59ClF3N3O2Si2. The first kappa shape index (κ1) is 43.0. The maximum Gasteiger partial charge on any atom is 0.311 e. The summed E-state index contributed by atoms with van der Waals surface area (Å²) in [6.07, 6.45) is 0.120. The van der Waals surface area contributed by atoms with Crippen molar-refractivity contribution >= 4 is 55.5 Å². The Hall–Kier alpha value is -3.11. The Balaban J connectivity index is 1.91. The lowest BCUT2D eigenvalue weighted by Crippen LogP contribution is -2.50. The molecule has 1 saturated heterocycles. The number of nitrogens with zero attached hydrogens (tertiary/aromatic N) is 3. The first-order valence-electron chi connectivity index (χ1n) is 19.9. The van der Waals surface area contributed by atoms with Crippen LogP contribution in [-0.4, -0.2) is 50.2 Å². The molecule has 0 amide bonds. The number of fused-ring (bicyclic) bond motifs is 2. The second-order valence-electron chi connectivity index (χ2n) is 17.8. The molecule has 0 spiro atoms. The Labute approximate surface area is 333 Å². The van der Waals surface area contributed by atoms with E-state index in [2.05, 4.69) is 105 Å². The van der Waals surface area contributed by atoms with Crippen LogP contribution in [-0.2, 0) is 0 Å². The minimum atomic E-state index is -2.52. The quantitative estimate of drug-likeness (QED) is 0.0982. The number of aromatic nitrogens is 2. The van der Waals surface area contributed by atoms with Gasteiger partial charge in [0.1, 0.15) is 31.0 Å². The van der Waals surface area contributed by atoms with E-state index >= 15 is 13.2 Å². The predicted octanol–water partition coefficient (Wildman–Crippen LogP) is 13.0. The topological polar surface area (TPSA) is 58.5 Å². The van der Waals surface area contributed by atoms with Gasteiger partial charge in [-0.1, -0.05) is 107 Å². The van der Waals surface area contributed by atoms with Crippen molar-refractivity contribution in [3.8, 4) is 28.3 Å². The molecule has 298 valence electrons. The van der Waals surface area contributed by atoms with Crippen LogP contribution in [0.15, 0.2) is 30.3 Å². The van der Waals surface area contributed by atoms with Crippen molar-refractivity contribution in [2.45, 2.75) is 142 Å². The van der Waals surface area contributed by atoms with Crippen molar-refractivity contribution < 1.29 is 22.7 Å². The third-order valence-electron chi connectivity index (χ3n) is 12.4. The number of halogens is 4. The van der Waals surface area contributed by atoms with Gasteiger partial charge in [0.15, 0.2) is 5.82 Å². The molecule has 1 aromatic heterocycles. The van der Waals surface area contributed by atoms with Crippen LogP contribution < -0.4 is 9.33 Å². The van der Waals surface area contributed by atoms with Crippen LogP contribution in [0.5, 0.6) is 5.75 Å². The van der Waals surface area contributed by atoms with E-state index in [1.165, 1.54) is 6.07 Å². The molecule has 5 rings (SSSR count). The minimum absolute atomic E-state index is 0.0298. The zero-order valence-corrected chi connectivity index (χ0v) is 37.6. The Bertz CT molecular complexity index is 2100. The molecule has 0 aliphatic carbocycles. The lowest BCUT2D eigenvalue weighted by Gasteiger charge is -2.42. The van der Waals surface area contributed by atoms with Crippen LogP contribution >= 0.6 is 11.6 Å². The average molecular weight is 811 g/mol. The van der Waals surface area contributed by atoms with Gasteiger partial charge in [-0.3, -0.25) is 0 Å². The third-order valence-corrected chi connectivity index (χ3v) is 25.0. The molecule has 1 N–H and O–H groups in total. The fraction of sp³-hybridized carbons (Fsp3) is 0.545. The van der Waals surface area contributed by atoms with Crippen molar-refractivity contribution in [2.75, 3.05) is 18.0 Å². The van der Waals surface area contributed by atoms with E-state index in [1.54, 1.807) is 30.0 Å². The minimum Gasteiger partial charge on any atom is -0.543 e. The molecule has 1 aliphatic heterocycles. The second-order valence-corrected chi connectivity index (χ2v) is 29.2. The summed E-state index contributed by atoms with van der Waals surface area (Å²) in [5.41, 5.74) is 4.47. The molecule has 4 aromatic rings. The smallest absolute Gasteiger partial charge is 0.311 e. The molecular weight excluding hydrogens is 751 g/mol. The highest BCUT2D eigenvalue weighted by molar-refractivity contribution is 6.90. The summed E-state index contributed by atoms with van der Waals surface area (Å²) in [6, 6.07) is 8.33. The first-order valence-corrected chi connectivity index (χ1v) is 24.6. The van der Waals surface area contributed by atoms with E-state index in [0.717, 1.165) is 0 Å². The zero-order chi connectivity index (χ0) is 40.9. The van der Waals surface area contributed by atoms with Crippen LogP contribution in [0.3, 0.4) is 0 Å². The SMILES string of the molecule is CC(C)[Si](C#Cc1c(F)ccc2cc(O[Si](C(C)C)(C(C)C)C(C)C)cc(-c3c(Cl)cc4c(N5CCC[C@@](C)(O)C5)nc(F)nc4c3F)c12)(C(C)C)C(C)C. The number of hydrogen-bond donors (Lipinski definition) is 1. The molecule has 3 aromatic carbocycles. The van der Waals surface area contributed by atoms with Crippen molar-refractivity contribution in [3.05, 3.63) is 58.6 Å². The molecule has 0 unspecified atom stereocenters. The van der Waals surface area contributed by atoms with Gasteiger partial charge in [0, 0.05) is 29.4 Å². The number of β-amino-alcohol motifs (C(OH)–C–C–N with tert-alkyl or cyclic N) is 1. The summed E-state index contributed by atoms with van der Waals surface area (Å²) >= 11 is 7.14. The maximum absolute atomic E-state index is 17.4. The molecule has 0 saturated carbocycles. The van der Waals surface area contributed by atoms with Crippen LogP contribution in [0.25, 0.3) is 32.8 Å². The van der Waals surface area contributed by atoms with Gasteiger partial charge in [-0.25, -0.2) is 8.78 Å². The van der Waals surface area contributed by atoms with Gasteiger partial charge in [0.25, 0.3) is 8.32 Å². The van der Waals surface area contributed by atoms with E-state index in [4.69, 9.17) is 16.0 Å². The largest absolute Gasteiger partial charge is 0.543 e. The summed E-state index contributed by atoms with van der Waals surface area (Å²) in [6.45, 7) is 28.8. The summed E-state index contributed by atoms with van der Waals surface area (Å²) in [7, 11) is -4.84. The molecule has 11 heteroatoms. The Morgan fingerprint density at radius 2 is 1.45 bits per heavy atom. The molecule has 55 heavy (non-hydrogen) atoms. The fourth-order valence-corrected chi connectivity index (χ4v) is 20.7. The maximum atomic E-state index is 17.4. The molecule has 1 atom stereocenters. The van der Waals surface area contributed by atoms with Gasteiger partial charge in [-0.05, 0) is 88.2 Å². The predicted molar refractivity (Wildman–Crippen MR) is 229 cm³/mol. The van der Waals surface area contributed by atoms with Crippen LogP contribution in [0.4, 0.5) is 19.0 Å². The van der Waals surface area contributed by atoms with Crippen molar-refractivity contribution in [3.63, 3.8) is 0 Å². The zero-order valence-electron chi connectivity index (χ0n) is 34.9. The number of piperidine rings is 1. The van der Waals surface area contributed by atoms with Gasteiger partial charge in [-0.15, -0.1) is 5.54 Å². The summed E-state index contributed by atoms with van der Waals surface area (Å²) in [5, 5.41) is 12.2. The highest BCUT2D eigenvalue weighted by Crippen LogP contribution is 2.48. The van der Waals surface area contributed by atoms with Crippen molar-refractivity contribution in [2.24, 2.45) is 0 Å². The highest BCUT2D eigenvalue weighted by atomic mass is 35.5. The van der Waals surface area contributed by atoms with Crippen molar-refractivity contribution in [1.29, 1.82) is 0 Å². The molecule has 0 bridgehead atoms. The second kappa shape index (κ2) is 16.0. The Morgan fingerprint density at radius 3 is 2.00 bits per heavy atom. The van der Waals surface area contributed by atoms with E-state index in [1.807, 2.05) is 6.07 Å². The molecule has 1 aliphatic rings. The van der Waals surface area contributed by atoms with E-state index in [0.29, 0.717) is 58.1 Å². The van der Waals surface area contributed by atoms with Gasteiger partial charge in [0.05, 0.1) is 16.2 Å². The monoisotopic (exact) mass is 809 g/mol. The van der Waals surface area contributed by atoms with Crippen LogP contribution in [0.1, 0.15) is 108 Å². The summed E-state index contributed by atoms with van der Waals surface area (Å²) in [4.78, 5) is 9.80. The number of benzene rings is 3. The Kier molecular flexibility index (Phi) is 12.5. The highest BCUT2D eigenvalue weighted by Gasteiger charge is 2.47. The van der Waals surface area contributed by atoms with Crippen LogP contribution in [0, 0.1) is 29.2 Å². The normalized spacial score (nSPS) is 17.1. The molecule has 1 fully saturated rings.